The van der Waals surface area contributed by atoms with Gasteiger partial charge in [-0.15, -0.1) is 0 Å². The Bertz CT molecular complexity index is 408. The molecule has 0 spiro atoms. The van der Waals surface area contributed by atoms with Crippen LogP contribution in [0, 0.1) is 11.3 Å². The molecule has 0 bridgehead atoms. The Hall–Kier alpha value is -1.02. The first kappa shape index (κ1) is 13.4. The van der Waals surface area contributed by atoms with Crippen molar-refractivity contribution in [2.45, 2.75) is 40.2 Å². The number of hydrogen-bond acceptors (Lipinski definition) is 2. The van der Waals surface area contributed by atoms with Crippen LogP contribution in [0.15, 0.2) is 24.3 Å². The second kappa shape index (κ2) is 4.93. The van der Waals surface area contributed by atoms with Gasteiger partial charge < -0.3 is 5.11 Å². The topological polar surface area (TPSA) is 23.5 Å². The van der Waals surface area contributed by atoms with Crippen molar-refractivity contribution in [2.24, 2.45) is 11.3 Å². The highest BCUT2D eigenvalue weighted by atomic mass is 16.3. The summed E-state index contributed by atoms with van der Waals surface area (Å²) in [7, 11) is 0. The molecule has 18 heavy (non-hydrogen) atoms. The molecule has 100 valence electrons. The number of phenols is 1. The molecule has 2 atom stereocenters. The summed E-state index contributed by atoms with van der Waals surface area (Å²) >= 11 is 0. The van der Waals surface area contributed by atoms with Crippen molar-refractivity contribution in [2.75, 3.05) is 13.1 Å². The summed E-state index contributed by atoms with van der Waals surface area (Å²) in [6.45, 7) is 11.6. The average Bonchev–Trinajstić information content (AvgIpc) is 2.77. The molecule has 1 N–H and O–H groups in total. The summed E-state index contributed by atoms with van der Waals surface area (Å²) in [6.07, 6.45) is 1.28. The Labute approximate surface area is 111 Å². The fraction of sp³-hybridized carbons (Fsp3) is 0.625. The summed E-state index contributed by atoms with van der Waals surface area (Å²) in [5, 5.41) is 9.57. The minimum Gasteiger partial charge on any atom is -0.508 e. The van der Waals surface area contributed by atoms with E-state index in [1.165, 1.54) is 25.1 Å². The smallest absolute Gasteiger partial charge is 0.115 e. The number of phenolic OH excluding ortho intramolecular Hbond substituents is 1. The van der Waals surface area contributed by atoms with E-state index in [1.807, 2.05) is 12.1 Å². The van der Waals surface area contributed by atoms with Gasteiger partial charge in [0.15, 0.2) is 0 Å². The van der Waals surface area contributed by atoms with Gasteiger partial charge in [-0.1, -0.05) is 32.9 Å². The van der Waals surface area contributed by atoms with Gasteiger partial charge in [0, 0.05) is 12.6 Å². The minimum absolute atomic E-state index is 0.367. The summed E-state index contributed by atoms with van der Waals surface area (Å²) < 4.78 is 0. The highest BCUT2D eigenvalue weighted by molar-refractivity contribution is 5.29. The normalized spacial score (nSPS) is 23.2. The Kier molecular flexibility index (Phi) is 3.67. The third-order valence-electron chi connectivity index (χ3n) is 4.34. The monoisotopic (exact) mass is 247 g/mol. The van der Waals surface area contributed by atoms with Crippen molar-refractivity contribution in [1.82, 2.24) is 4.90 Å². The predicted octanol–water partition coefficient (Wildman–Crippen LogP) is 3.82. The molecule has 1 saturated heterocycles. The van der Waals surface area contributed by atoms with Gasteiger partial charge in [0.2, 0.25) is 0 Å². The summed E-state index contributed by atoms with van der Waals surface area (Å²) in [5.74, 6) is 1.14. The van der Waals surface area contributed by atoms with E-state index >= 15 is 0 Å². The molecule has 1 aromatic carbocycles. The maximum Gasteiger partial charge on any atom is 0.115 e. The van der Waals surface area contributed by atoms with Crippen molar-refractivity contribution in [1.29, 1.82) is 0 Å². The summed E-state index contributed by atoms with van der Waals surface area (Å²) in [6, 6.07) is 8.05. The van der Waals surface area contributed by atoms with Gasteiger partial charge in [0.25, 0.3) is 0 Å². The molecule has 0 aliphatic carbocycles. The summed E-state index contributed by atoms with van der Waals surface area (Å²) in [4.78, 5) is 2.53. The number of hydrogen-bond donors (Lipinski definition) is 1. The second-order valence-corrected chi connectivity index (χ2v) is 6.62. The summed E-state index contributed by atoms with van der Waals surface area (Å²) in [5.41, 5.74) is 1.61. The Morgan fingerprint density at radius 2 is 2.06 bits per heavy atom. The molecule has 2 rings (SSSR count). The maximum absolute atomic E-state index is 9.57. The van der Waals surface area contributed by atoms with Crippen LogP contribution in [-0.2, 0) is 0 Å². The van der Waals surface area contributed by atoms with Crippen molar-refractivity contribution in [3.63, 3.8) is 0 Å². The molecular formula is C16H25NO. The zero-order chi connectivity index (χ0) is 13.3. The van der Waals surface area contributed by atoms with Gasteiger partial charge in [-0.3, -0.25) is 4.90 Å². The first-order chi connectivity index (χ1) is 8.38. The molecule has 0 radical (unpaired) electrons. The number of aromatic hydroxyl groups is 1. The van der Waals surface area contributed by atoms with Crippen LogP contribution in [0.3, 0.4) is 0 Å². The van der Waals surface area contributed by atoms with Crippen LogP contribution in [0.1, 0.15) is 45.7 Å². The van der Waals surface area contributed by atoms with Crippen LogP contribution in [0.2, 0.25) is 0 Å². The first-order valence-corrected chi connectivity index (χ1v) is 6.91. The van der Waals surface area contributed by atoms with Crippen LogP contribution in [0.4, 0.5) is 0 Å². The number of benzene rings is 1. The fourth-order valence-electron chi connectivity index (χ4n) is 2.84. The Morgan fingerprint density at radius 1 is 1.33 bits per heavy atom. The van der Waals surface area contributed by atoms with Crippen molar-refractivity contribution >= 4 is 0 Å². The predicted molar refractivity (Wildman–Crippen MR) is 75.7 cm³/mol. The Morgan fingerprint density at radius 3 is 2.61 bits per heavy atom. The van der Waals surface area contributed by atoms with Gasteiger partial charge in [-0.05, 0) is 48.9 Å². The van der Waals surface area contributed by atoms with E-state index in [9.17, 15) is 5.11 Å². The quantitative estimate of drug-likeness (QED) is 0.858. The number of nitrogens with zero attached hydrogens (tertiary/aromatic N) is 1. The van der Waals surface area contributed by atoms with Gasteiger partial charge in [-0.2, -0.15) is 0 Å². The molecular weight excluding hydrogens is 222 g/mol. The number of rotatable bonds is 2. The molecule has 2 nitrogen and oxygen atoms in total. The second-order valence-electron chi connectivity index (χ2n) is 6.62. The highest BCUT2D eigenvalue weighted by Crippen LogP contribution is 2.37. The van der Waals surface area contributed by atoms with Gasteiger partial charge in [0.1, 0.15) is 5.75 Å². The SMILES string of the molecule is CC(c1cccc(O)c1)N1CCC(C(C)(C)C)C1. The molecule has 1 heterocycles. The van der Waals surface area contributed by atoms with Crippen LogP contribution < -0.4 is 0 Å². The zero-order valence-corrected chi connectivity index (χ0v) is 12.0. The van der Waals surface area contributed by atoms with E-state index in [0.29, 0.717) is 17.2 Å². The standard InChI is InChI=1S/C16H25NO/c1-12(13-6-5-7-15(18)10-13)17-9-8-14(11-17)16(2,3)4/h5-7,10,12,14,18H,8-9,11H2,1-4H3. The third kappa shape index (κ3) is 2.86. The molecule has 0 aromatic heterocycles. The van der Waals surface area contributed by atoms with Crippen molar-refractivity contribution in [3.8, 4) is 5.75 Å². The van der Waals surface area contributed by atoms with Crippen LogP contribution in [0.5, 0.6) is 5.75 Å². The van der Waals surface area contributed by atoms with Gasteiger partial charge in [0.05, 0.1) is 0 Å². The lowest BCUT2D eigenvalue weighted by Crippen LogP contribution is -2.28. The van der Waals surface area contributed by atoms with Crippen molar-refractivity contribution in [3.05, 3.63) is 29.8 Å². The molecule has 0 amide bonds. The van der Waals surface area contributed by atoms with E-state index in [0.717, 1.165) is 5.92 Å². The molecule has 2 heteroatoms. The largest absolute Gasteiger partial charge is 0.508 e. The molecule has 1 aliphatic heterocycles. The molecule has 1 aromatic rings. The maximum atomic E-state index is 9.57. The molecule has 0 saturated carbocycles. The van der Waals surface area contributed by atoms with Crippen LogP contribution in [0.25, 0.3) is 0 Å². The minimum atomic E-state index is 0.367. The molecule has 1 aliphatic rings. The lowest BCUT2D eigenvalue weighted by atomic mass is 9.80. The van der Waals surface area contributed by atoms with E-state index in [2.05, 4.69) is 38.7 Å². The molecule has 2 unspecified atom stereocenters. The van der Waals surface area contributed by atoms with E-state index in [4.69, 9.17) is 0 Å². The van der Waals surface area contributed by atoms with E-state index in [-0.39, 0.29) is 0 Å². The van der Waals surface area contributed by atoms with Gasteiger partial charge in [-0.25, -0.2) is 0 Å². The van der Waals surface area contributed by atoms with Gasteiger partial charge >= 0.3 is 0 Å². The third-order valence-corrected chi connectivity index (χ3v) is 4.34. The van der Waals surface area contributed by atoms with Crippen molar-refractivity contribution < 1.29 is 5.11 Å². The fourth-order valence-corrected chi connectivity index (χ4v) is 2.84. The lowest BCUT2D eigenvalue weighted by Gasteiger charge is -2.29. The number of likely N-dealkylation sites (tertiary alicyclic amines) is 1. The Balaban J connectivity index is 2.06. The lowest BCUT2D eigenvalue weighted by molar-refractivity contribution is 0.203. The van der Waals surface area contributed by atoms with E-state index < -0.39 is 0 Å². The first-order valence-electron chi connectivity index (χ1n) is 6.91. The zero-order valence-electron chi connectivity index (χ0n) is 12.0. The average molecular weight is 247 g/mol. The van der Waals surface area contributed by atoms with Crippen LogP contribution in [-0.4, -0.2) is 23.1 Å². The molecule has 1 fully saturated rings. The van der Waals surface area contributed by atoms with E-state index in [1.54, 1.807) is 6.07 Å². The van der Waals surface area contributed by atoms with Crippen LogP contribution >= 0.6 is 0 Å². The highest BCUT2D eigenvalue weighted by Gasteiger charge is 2.33.